The Hall–Kier alpha value is -1.14. The third-order valence-corrected chi connectivity index (χ3v) is 1.54. The number of ether oxygens (including phenoxy) is 1. The summed E-state index contributed by atoms with van der Waals surface area (Å²) in [6.07, 6.45) is -5.94. The van der Waals surface area contributed by atoms with Crippen molar-refractivity contribution in [1.29, 1.82) is 0 Å². The van der Waals surface area contributed by atoms with Crippen LogP contribution in [0.5, 0.6) is 0 Å². The Morgan fingerprint density at radius 3 is 2.57 bits per heavy atom. The zero-order valence-electron chi connectivity index (χ0n) is 7.25. The van der Waals surface area contributed by atoms with Gasteiger partial charge in [0.15, 0.2) is 6.29 Å². The Labute approximate surface area is 78.2 Å². The molecule has 0 aliphatic rings. The molecule has 0 amide bonds. The summed E-state index contributed by atoms with van der Waals surface area (Å²) in [6, 6.07) is 3.24. The van der Waals surface area contributed by atoms with Gasteiger partial charge in [0.1, 0.15) is 5.69 Å². The second-order valence-corrected chi connectivity index (χ2v) is 2.53. The van der Waals surface area contributed by atoms with Crippen LogP contribution in [0.1, 0.15) is 17.7 Å². The quantitative estimate of drug-likeness (QED) is 0.751. The van der Waals surface area contributed by atoms with Gasteiger partial charge in [-0.05, 0) is 12.1 Å². The van der Waals surface area contributed by atoms with Gasteiger partial charge in [-0.2, -0.15) is 13.2 Å². The molecule has 6 heteroatoms. The van der Waals surface area contributed by atoms with Crippen LogP contribution < -0.4 is 0 Å². The predicted octanol–water partition coefficient (Wildman–Crippen LogP) is 1.74. The Kier molecular flexibility index (Phi) is 3.07. The standard InChI is InChI=1S/C8H8F3NO2/c1-14-7(13)5-3-2-4-6(12-5)8(9,10)11/h2-4,7,13H,1H3. The van der Waals surface area contributed by atoms with Crippen molar-refractivity contribution in [2.75, 3.05) is 7.11 Å². The summed E-state index contributed by atoms with van der Waals surface area (Å²) in [4.78, 5) is 3.21. The maximum Gasteiger partial charge on any atom is 0.433 e. The van der Waals surface area contributed by atoms with Crippen LogP contribution >= 0.6 is 0 Å². The molecule has 0 aliphatic heterocycles. The smallest absolute Gasteiger partial charge is 0.363 e. The molecule has 1 heterocycles. The number of hydrogen-bond donors (Lipinski definition) is 1. The van der Waals surface area contributed by atoms with Gasteiger partial charge in [0.25, 0.3) is 0 Å². The summed E-state index contributed by atoms with van der Waals surface area (Å²) < 4.78 is 40.9. The van der Waals surface area contributed by atoms with Gasteiger partial charge in [-0.3, -0.25) is 0 Å². The predicted molar refractivity (Wildman–Crippen MR) is 41.2 cm³/mol. The van der Waals surface area contributed by atoms with Crippen LogP contribution in [-0.4, -0.2) is 17.2 Å². The van der Waals surface area contributed by atoms with Crippen molar-refractivity contribution >= 4 is 0 Å². The number of nitrogens with zero attached hydrogens (tertiary/aromatic N) is 1. The molecular weight excluding hydrogens is 199 g/mol. The first kappa shape index (κ1) is 10.9. The second-order valence-electron chi connectivity index (χ2n) is 2.53. The van der Waals surface area contributed by atoms with Crippen LogP contribution in [0.4, 0.5) is 13.2 Å². The van der Waals surface area contributed by atoms with E-state index in [1.165, 1.54) is 13.2 Å². The summed E-state index contributed by atoms with van der Waals surface area (Å²) >= 11 is 0. The first-order valence-electron chi connectivity index (χ1n) is 3.70. The highest BCUT2D eigenvalue weighted by molar-refractivity contribution is 5.14. The number of aliphatic hydroxyl groups is 1. The second kappa shape index (κ2) is 3.93. The first-order chi connectivity index (χ1) is 6.45. The van der Waals surface area contributed by atoms with Crippen molar-refractivity contribution in [3.63, 3.8) is 0 Å². The van der Waals surface area contributed by atoms with Crippen LogP contribution in [0.3, 0.4) is 0 Å². The van der Waals surface area contributed by atoms with Crippen LogP contribution in [0.25, 0.3) is 0 Å². The summed E-state index contributed by atoms with van der Waals surface area (Å²) in [5, 5.41) is 9.07. The van der Waals surface area contributed by atoms with Crippen molar-refractivity contribution in [3.05, 3.63) is 29.6 Å². The fraction of sp³-hybridized carbons (Fsp3) is 0.375. The summed E-state index contributed by atoms with van der Waals surface area (Å²) in [7, 11) is 1.17. The van der Waals surface area contributed by atoms with Crippen molar-refractivity contribution in [2.24, 2.45) is 0 Å². The van der Waals surface area contributed by atoms with E-state index in [1.54, 1.807) is 0 Å². The molecule has 1 aromatic rings. The lowest BCUT2D eigenvalue weighted by atomic mass is 10.3. The van der Waals surface area contributed by atoms with E-state index in [4.69, 9.17) is 5.11 Å². The molecule has 1 rings (SSSR count). The number of aromatic nitrogens is 1. The average Bonchev–Trinajstić information content (AvgIpc) is 2.15. The Balaban J connectivity index is 3.01. The molecule has 1 unspecified atom stereocenters. The molecule has 0 bridgehead atoms. The van der Waals surface area contributed by atoms with E-state index in [2.05, 4.69) is 9.72 Å². The van der Waals surface area contributed by atoms with Crippen LogP contribution in [0, 0.1) is 0 Å². The summed E-state index contributed by atoms with van der Waals surface area (Å²) in [5.41, 5.74) is -1.21. The number of aliphatic hydroxyl groups excluding tert-OH is 1. The normalized spacial score (nSPS) is 14.1. The van der Waals surface area contributed by atoms with E-state index in [0.717, 1.165) is 12.1 Å². The van der Waals surface area contributed by atoms with Gasteiger partial charge in [-0.1, -0.05) is 6.07 Å². The topological polar surface area (TPSA) is 42.4 Å². The van der Waals surface area contributed by atoms with Gasteiger partial charge in [0.2, 0.25) is 0 Å². The zero-order chi connectivity index (χ0) is 10.8. The van der Waals surface area contributed by atoms with E-state index in [0.29, 0.717) is 0 Å². The molecule has 0 saturated carbocycles. The van der Waals surface area contributed by atoms with Crippen molar-refractivity contribution in [3.8, 4) is 0 Å². The zero-order valence-corrected chi connectivity index (χ0v) is 7.25. The van der Waals surface area contributed by atoms with E-state index in [-0.39, 0.29) is 5.69 Å². The lowest BCUT2D eigenvalue weighted by Crippen LogP contribution is -2.11. The number of alkyl halides is 3. The number of hydrogen-bond acceptors (Lipinski definition) is 3. The van der Waals surface area contributed by atoms with Crippen molar-refractivity contribution < 1.29 is 23.0 Å². The van der Waals surface area contributed by atoms with E-state index in [9.17, 15) is 13.2 Å². The van der Waals surface area contributed by atoms with E-state index in [1.807, 2.05) is 0 Å². The molecule has 0 saturated heterocycles. The molecule has 0 fully saturated rings. The van der Waals surface area contributed by atoms with Gasteiger partial charge in [0.05, 0.1) is 5.69 Å². The number of halogens is 3. The largest absolute Gasteiger partial charge is 0.433 e. The van der Waals surface area contributed by atoms with Gasteiger partial charge in [-0.25, -0.2) is 4.98 Å². The minimum absolute atomic E-state index is 0.165. The molecule has 14 heavy (non-hydrogen) atoms. The SMILES string of the molecule is COC(O)c1cccc(C(F)(F)F)n1. The van der Waals surface area contributed by atoms with Gasteiger partial charge >= 0.3 is 6.18 Å². The molecule has 0 spiro atoms. The molecule has 1 aromatic heterocycles. The average molecular weight is 207 g/mol. The van der Waals surface area contributed by atoms with Crippen molar-refractivity contribution in [1.82, 2.24) is 4.98 Å². The molecule has 3 nitrogen and oxygen atoms in total. The fourth-order valence-corrected chi connectivity index (χ4v) is 0.868. The van der Waals surface area contributed by atoms with Crippen LogP contribution in [-0.2, 0) is 10.9 Å². The third-order valence-electron chi connectivity index (χ3n) is 1.54. The highest BCUT2D eigenvalue weighted by atomic mass is 19.4. The maximum atomic E-state index is 12.2. The third kappa shape index (κ3) is 2.43. The summed E-state index contributed by atoms with van der Waals surface area (Å²) in [6.45, 7) is 0. The number of rotatable bonds is 2. The highest BCUT2D eigenvalue weighted by Crippen LogP contribution is 2.28. The lowest BCUT2D eigenvalue weighted by molar-refractivity contribution is -0.142. The Morgan fingerprint density at radius 2 is 2.07 bits per heavy atom. The molecule has 0 radical (unpaired) electrons. The summed E-state index contributed by atoms with van der Waals surface area (Å²) in [5.74, 6) is 0. The van der Waals surface area contributed by atoms with Crippen LogP contribution in [0.2, 0.25) is 0 Å². The van der Waals surface area contributed by atoms with Crippen LogP contribution in [0.15, 0.2) is 18.2 Å². The number of methoxy groups -OCH3 is 1. The Bertz CT molecular complexity index is 314. The highest BCUT2D eigenvalue weighted by Gasteiger charge is 2.32. The first-order valence-corrected chi connectivity index (χ1v) is 3.70. The molecular formula is C8H8F3NO2. The van der Waals surface area contributed by atoms with Gasteiger partial charge in [0, 0.05) is 7.11 Å². The molecule has 0 aliphatic carbocycles. The molecule has 78 valence electrons. The van der Waals surface area contributed by atoms with Gasteiger partial charge in [-0.15, -0.1) is 0 Å². The maximum absolute atomic E-state index is 12.2. The Morgan fingerprint density at radius 1 is 1.43 bits per heavy atom. The van der Waals surface area contributed by atoms with Crippen molar-refractivity contribution in [2.45, 2.75) is 12.5 Å². The minimum atomic E-state index is -4.51. The van der Waals surface area contributed by atoms with Gasteiger partial charge < -0.3 is 9.84 Å². The molecule has 1 atom stereocenters. The van der Waals surface area contributed by atoms with E-state index < -0.39 is 18.2 Å². The number of pyridine rings is 1. The molecule has 1 N–H and O–H groups in total. The van der Waals surface area contributed by atoms with E-state index >= 15 is 0 Å². The minimum Gasteiger partial charge on any atom is -0.363 e. The lowest BCUT2D eigenvalue weighted by Gasteiger charge is -2.10. The molecule has 0 aromatic carbocycles. The monoisotopic (exact) mass is 207 g/mol. The fourth-order valence-electron chi connectivity index (χ4n) is 0.868.